The van der Waals surface area contributed by atoms with Crippen LogP contribution in [0.25, 0.3) is 0 Å². The highest BCUT2D eigenvalue weighted by atomic mass is 14.9. The molecule has 1 aliphatic carbocycles. The number of H-pyrrole nitrogens is 1. The first-order valence-corrected chi connectivity index (χ1v) is 4.80. The first kappa shape index (κ1) is 7.87. The Morgan fingerprint density at radius 3 is 3.33 bits per heavy atom. The average Bonchev–Trinajstić information content (AvgIpc) is 2.53. The minimum Gasteiger partial charge on any atom is -0.367 e. The van der Waals surface area contributed by atoms with E-state index in [1.54, 1.807) is 0 Å². The van der Waals surface area contributed by atoms with Crippen molar-refractivity contribution in [1.82, 2.24) is 10.3 Å². The van der Waals surface area contributed by atoms with Gasteiger partial charge in [0, 0.05) is 18.4 Å². The molecule has 2 N–H and O–H groups in total. The summed E-state index contributed by atoms with van der Waals surface area (Å²) in [5, 5.41) is 3.51. The quantitative estimate of drug-likeness (QED) is 0.687. The van der Waals surface area contributed by atoms with Crippen LogP contribution in [0.15, 0.2) is 12.4 Å². The summed E-state index contributed by atoms with van der Waals surface area (Å²) in [7, 11) is 0. The molecule has 0 amide bonds. The van der Waals surface area contributed by atoms with Gasteiger partial charge in [-0.05, 0) is 36.9 Å². The van der Waals surface area contributed by atoms with Crippen molar-refractivity contribution in [3.63, 3.8) is 0 Å². The Labute approximate surface area is 73.4 Å². The fourth-order valence-electron chi connectivity index (χ4n) is 2.06. The summed E-state index contributed by atoms with van der Waals surface area (Å²) >= 11 is 0. The van der Waals surface area contributed by atoms with E-state index in [-0.39, 0.29) is 0 Å². The lowest BCUT2D eigenvalue weighted by molar-refractivity contribution is 0.474. The summed E-state index contributed by atoms with van der Waals surface area (Å²) in [6.45, 7) is 3.23. The van der Waals surface area contributed by atoms with E-state index in [1.807, 2.05) is 0 Å². The van der Waals surface area contributed by atoms with Crippen molar-refractivity contribution >= 4 is 0 Å². The molecule has 1 aromatic rings. The Morgan fingerprint density at radius 1 is 1.58 bits per heavy atom. The molecule has 0 aliphatic heterocycles. The standard InChI is InChI=1S/C10H16N2/c1-2-12-10-5-3-4-8-6-11-7-9(8)10/h6-7,10-12H,2-5H2,1H3. The van der Waals surface area contributed by atoms with Gasteiger partial charge in [-0.2, -0.15) is 0 Å². The summed E-state index contributed by atoms with van der Waals surface area (Å²) in [5.74, 6) is 0. The molecule has 0 bridgehead atoms. The molecule has 0 spiro atoms. The molecule has 0 radical (unpaired) electrons. The van der Waals surface area contributed by atoms with Crippen LogP contribution in [-0.4, -0.2) is 11.5 Å². The van der Waals surface area contributed by atoms with Crippen LogP contribution in [0.5, 0.6) is 0 Å². The van der Waals surface area contributed by atoms with Gasteiger partial charge >= 0.3 is 0 Å². The van der Waals surface area contributed by atoms with Crippen molar-refractivity contribution in [3.8, 4) is 0 Å². The minimum absolute atomic E-state index is 0.602. The molecule has 66 valence electrons. The zero-order chi connectivity index (χ0) is 8.39. The normalized spacial score (nSPS) is 22.2. The third-order valence-corrected chi connectivity index (χ3v) is 2.63. The Morgan fingerprint density at radius 2 is 2.50 bits per heavy atom. The van der Waals surface area contributed by atoms with Crippen molar-refractivity contribution in [2.45, 2.75) is 32.2 Å². The van der Waals surface area contributed by atoms with Crippen LogP contribution in [0.3, 0.4) is 0 Å². The van der Waals surface area contributed by atoms with E-state index < -0.39 is 0 Å². The third-order valence-electron chi connectivity index (χ3n) is 2.63. The van der Waals surface area contributed by atoms with Gasteiger partial charge in [-0.3, -0.25) is 0 Å². The van der Waals surface area contributed by atoms with Crippen LogP contribution in [0.1, 0.15) is 36.9 Å². The van der Waals surface area contributed by atoms with Gasteiger partial charge in [0.1, 0.15) is 0 Å². The maximum absolute atomic E-state index is 3.51. The molecule has 1 aromatic heterocycles. The van der Waals surface area contributed by atoms with Gasteiger partial charge in [-0.25, -0.2) is 0 Å². The summed E-state index contributed by atoms with van der Waals surface area (Å²) in [4.78, 5) is 3.19. The lowest BCUT2D eigenvalue weighted by Crippen LogP contribution is -2.23. The topological polar surface area (TPSA) is 27.8 Å². The first-order chi connectivity index (χ1) is 5.92. The molecule has 0 aromatic carbocycles. The fraction of sp³-hybridized carbons (Fsp3) is 0.600. The molecule has 1 aliphatic rings. The van der Waals surface area contributed by atoms with Gasteiger partial charge in [0.25, 0.3) is 0 Å². The van der Waals surface area contributed by atoms with Gasteiger partial charge in [0.15, 0.2) is 0 Å². The van der Waals surface area contributed by atoms with Crippen molar-refractivity contribution in [2.75, 3.05) is 6.54 Å². The van der Waals surface area contributed by atoms with Crippen LogP contribution in [-0.2, 0) is 6.42 Å². The maximum Gasteiger partial charge on any atom is 0.0337 e. The van der Waals surface area contributed by atoms with E-state index in [9.17, 15) is 0 Å². The Kier molecular flexibility index (Phi) is 2.17. The lowest BCUT2D eigenvalue weighted by atomic mass is 9.91. The number of hydrogen-bond acceptors (Lipinski definition) is 1. The Balaban J connectivity index is 2.19. The summed E-state index contributed by atoms with van der Waals surface area (Å²) in [5.41, 5.74) is 3.00. The van der Waals surface area contributed by atoms with Crippen molar-refractivity contribution in [1.29, 1.82) is 0 Å². The highest BCUT2D eigenvalue weighted by Crippen LogP contribution is 2.28. The van der Waals surface area contributed by atoms with Crippen LogP contribution >= 0.6 is 0 Å². The summed E-state index contributed by atoms with van der Waals surface area (Å²) < 4.78 is 0. The van der Waals surface area contributed by atoms with Crippen LogP contribution in [0.4, 0.5) is 0 Å². The molecule has 0 fully saturated rings. The molecule has 2 heteroatoms. The minimum atomic E-state index is 0.602. The second kappa shape index (κ2) is 3.31. The molecule has 1 heterocycles. The SMILES string of the molecule is CCNC1CCCc2c[nH]cc21. The molecule has 2 nitrogen and oxygen atoms in total. The second-order valence-electron chi connectivity index (χ2n) is 3.44. The molecular formula is C10H16N2. The van der Waals surface area contributed by atoms with Gasteiger partial charge in [0.2, 0.25) is 0 Å². The highest BCUT2D eigenvalue weighted by Gasteiger charge is 2.19. The van der Waals surface area contributed by atoms with E-state index in [0.29, 0.717) is 6.04 Å². The monoisotopic (exact) mass is 164 g/mol. The van der Waals surface area contributed by atoms with Gasteiger partial charge in [0.05, 0.1) is 0 Å². The van der Waals surface area contributed by atoms with Gasteiger partial charge in [-0.15, -0.1) is 0 Å². The van der Waals surface area contributed by atoms with Crippen LogP contribution < -0.4 is 5.32 Å². The lowest BCUT2D eigenvalue weighted by Gasteiger charge is -2.22. The van der Waals surface area contributed by atoms with E-state index in [0.717, 1.165) is 6.54 Å². The van der Waals surface area contributed by atoms with Gasteiger partial charge in [-0.1, -0.05) is 6.92 Å². The first-order valence-electron chi connectivity index (χ1n) is 4.80. The van der Waals surface area contributed by atoms with Crippen LogP contribution in [0, 0.1) is 0 Å². The summed E-state index contributed by atoms with van der Waals surface area (Å²) in [6, 6.07) is 0.602. The third kappa shape index (κ3) is 1.27. The zero-order valence-corrected chi connectivity index (χ0v) is 7.56. The number of aromatic nitrogens is 1. The maximum atomic E-state index is 3.51. The fourth-order valence-corrected chi connectivity index (χ4v) is 2.06. The number of aryl methyl sites for hydroxylation is 1. The Bertz CT molecular complexity index is 252. The van der Waals surface area contributed by atoms with Crippen molar-refractivity contribution in [3.05, 3.63) is 23.5 Å². The largest absolute Gasteiger partial charge is 0.367 e. The molecule has 2 rings (SSSR count). The van der Waals surface area contributed by atoms with Crippen molar-refractivity contribution in [2.24, 2.45) is 0 Å². The van der Waals surface area contributed by atoms with E-state index in [4.69, 9.17) is 0 Å². The molecule has 0 saturated carbocycles. The summed E-state index contributed by atoms with van der Waals surface area (Å²) in [6.07, 6.45) is 8.14. The van der Waals surface area contributed by atoms with E-state index in [2.05, 4.69) is 29.6 Å². The number of rotatable bonds is 2. The van der Waals surface area contributed by atoms with E-state index in [1.165, 1.54) is 30.4 Å². The number of aromatic amines is 1. The zero-order valence-electron chi connectivity index (χ0n) is 7.56. The van der Waals surface area contributed by atoms with Gasteiger partial charge < -0.3 is 10.3 Å². The number of fused-ring (bicyclic) bond motifs is 1. The Hall–Kier alpha value is -0.760. The molecule has 12 heavy (non-hydrogen) atoms. The molecule has 1 atom stereocenters. The molecule has 0 saturated heterocycles. The number of hydrogen-bond donors (Lipinski definition) is 2. The molecular weight excluding hydrogens is 148 g/mol. The number of nitrogens with one attached hydrogen (secondary N) is 2. The smallest absolute Gasteiger partial charge is 0.0337 e. The van der Waals surface area contributed by atoms with E-state index >= 15 is 0 Å². The molecule has 1 unspecified atom stereocenters. The highest BCUT2D eigenvalue weighted by molar-refractivity contribution is 5.29. The predicted octanol–water partition coefficient (Wildman–Crippen LogP) is 2.00. The van der Waals surface area contributed by atoms with Crippen LogP contribution in [0.2, 0.25) is 0 Å². The predicted molar refractivity (Wildman–Crippen MR) is 50.1 cm³/mol. The average molecular weight is 164 g/mol. The second-order valence-corrected chi connectivity index (χ2v) is 3.44. The van der Waals surface area contributed by atoms with Crippen molar-refractivity contribution < 1.29 is 0 Å².